The Balaban J connectivity index is 2.18. The Kier molecular flexibility index (Phi) is 2.78. The Labute approximate surface area is 86.8 Å². The van der Waals surface area contributed by atoms with Crippen molar-refractivity contribution >= 4 is 23.1 Å². The molecule has 0 aliphatic carbocycles. The maximum Gasteiger partial charge on any atom is 0.291 e. The van der Waals surface area contributed by atoms with Gasteiger partial charge in [0.1, 0.15) is 0 Å². The minimum atomic E-state index is -2.44. The van der Waals surface area contributed by atoms with E-state index < -0.39 is 5.76 Å². The third-order valence-corrected chi connectivity index (χ3v) is 3.14. The van der Waals surface area contributed by atoms with Gasteiger partial charge in [0.05, 0.1) is 0 Å². The molecule has 0 saturated heterocycles. The second-order valence-corrected chi connectivity index (χ2v) is 4.51. The molecule has 2 aromatic rings. The Hall–Kier alpha value is -0.950. The van der Waals surface area contributed by atoms with Crippen LogP contribution in [0.3, 0.4) is 0 Å². The summed E-state index contributed by atoms with van der Waals surface area (Å²) in [6.07, 6.45) is 3.58. The molecule has 0 bridgehead atoms. The Morgan fingerprint density at radius 2 is 2.00 bits per heavy atom. The Morgan fingerprint density at radius 1 is 1.29 bits per heavy atom. The lowest BCUT2D eigenvalue weighted by Crippen LogP contribution is -1.86. The molecule has 7 heteroatoms. The average molecular weight is 233 g/mol. The van der Waals surface area contributed by atoms with Crippen LogP contribution in [0.5, 0.6) is 0 Å². The van der Waals surface area contributed by atoms with Gasteiger partial charge in [-0.15, -0.1) is 10.2 Å². The van der Waals surface area contributed by atoms with Gasteiger partial charge in [0.25, 0.3) is 5.76 Å². The lowest BCUT2D eigenvalue weighted by Gasteiger charge is -1.92. The number of thioether (sulfide) groups is 1. The highest BCUT2D eigenvalue weighted by Gasteiger charge is 2.11. The van der Waals surface area contributed by atoms with Gasteiger partial charge in [-0.2, -0.15) is 8.78 Å². The molecular formula is C7H5F2N3S2. The van der Waals surface area contributed by atoms with Crippen LogP contribution in [-0.2, 0) is 0 Å². The van der Waals surface area contributed by atoms with Crippen molar-refractivity contribution in [3.05, 3.63) is 24.5 Å². The monoisotopic (exact) mass is 233 g/mol. The molecule has 3 nitrogen and oxygen atoms in total. The zero-order valence-corrected chi connectivity index (χ0v) is 8.43. The molecule has 0 aromatic carbocycles. The predicted molar refractivity (Wildman–Crippen MR) is 51.1 cm³/mol. The predicted octanol–water partition coefficient (Wildman–Crippen LogP) is 2.64. The molecule has 2 heterocycles. The van der Waals surface area contributed by atoms with E-state index in [0.717, 1.165) is 11.3 Å². The molecular weight excluding hydrogens is 228 g/mol. The molecule has 0 N–H and O–H groups in total. The van der Waals surface area contributed by atoms with E-state index in [-0.39, 0.29) is 4.34 Å². The number of hydrogen-bond donors (Lipinski definition) is 0. The molecule has 0 amide bonds. The van der Waals surface area contributed by atoms with Crippen molar-refractivity contribution < 1.29 is 8.78 Å². The van der Waals surface area contributed by atoms with Crippen LogP contribution in [0.2, 0.25) is 0 Å². The SMILES string of the molecule is FC(F)Sc1nnc(-n2cccc2)s1. The van der Waals surface area contributed by atoms with E-state index >= 15 is 0 Å². The van der Waals surface area contributed by atoms with Crippen molar-refractivity contribution in [2.45, 2.75) is 10.1 Å². The number of halogens is 2. The van der Waals surface area contributed by atoms with Gasteiger partial charge >= 0.3 is 0 Å². The standard InChI is InChI=1S/C7H5F2N3S2/c8-5(9)13-7-11-10-6(14-7)12-3-1-2-4-12/h1-5H. The van der Waals surface area contributed by atoms with Gasteiger partial charge < -0.3 is 0 Å². The first-order valence-electron chi connectivity index (χ1n) is 3.67. The van der Waals surface area contributed by atoms with E-state index in [1.54, 1.807) is 17.0 Å². The number of alkyl halides is 2. The lowest BCUT2D eigenvalue weighted by molar-refractivity contribution is 0.252. The summed E-state index contributed by atoms with van der Waals surface area (Å²) in [5, 5.41) is 8.03. The molecule has 0 spiro atoms. The fourth-order valence-electron chi connectivity index (χ4n) is 0.893. The van der Waals surface area contributed by atoms with Gasteiger partial charge in [0, 0.05) is 12.4 Å². The van der Waals surface area contributed by atoms with Crippen LogP contribution < -0.4 is 0 Å². The van der Waals surface area contributed by atoms with Crippen LogP contribution in [-0.4, -0.2) is 20.5 Å². The van der Waals surface area contributed by atoms with Crippen LogP contribution in [0.15, 0.2) is 28.9 Å². The van der Waals surface area contributed by atoms with Crippen molar-refractivity contribution in [3.63, 3.8) is 0 Å². The Morgan fingerprint density at radius 3 is 2.64 bits per heavy atom. The average Bonchev–Trinajstić information content (AvgIpc) is 2.69. The fourth-order valence-corrected chi connectivity index (χ4v) is 2.31. The first kappa shape index (κ1) is 9.60. The number of rotatable bonds is 3. The van der Waals surface area contributed by atoms with Crippen LogP contribution in [0.1, 0.15) is 0 Å². The molecule has 0 atom stereocenters. The van der Waals surface area contributed by atoms with Crippen molar-refractivity contribution in [1.82, 2.24) is 14.8 Å². The molecule has 0 aliphatic heterocycles. The smallest absolute Gasteiger partial charge is 0.291 e. The molecule has 2 aromatic heterocycles. The number of nitrogens with zero attached hydrogens (tertiary/aromatic N) is 3. The van der Waals surface area contributed by atoms with Crippen LogP contribution >= 0.6 is 23.1 Å². The number of aromatic nitrogens is 3. The van der Waals surface area contributed by atoms with E-state index in [1.165, 1.54) is 0 Å². The maximum absolute atomic E-state index is 12.0. The van der Waals surface area contributed by atoms with Crippen molar-refractivity contribution in [2.24, 2.45) is 0 Å². The third kappa shape index (κ3) is 2.10. The first-order valence-corrected chi connectivity index (χ1v) is 5.37. The van der Waals surface area contributed by atoms with Crippen LogP contribution in [0, 0.1) is 0 Å². The van der Waals surface area contributed by atoms with E-state index in [4.69, 9.17) is 0 Å². The zero-order chi connectivity index (χ0) is 9.97. The normalized spacial score (nSPS) is 11.1. The quantitative estimate of drug-likeness (QED) is 0.763. The summed E-state index contributed by atoms with van der Waals surface area (Å²) >= 11 is 1.56. The lowest BCUT2D eigenvalue weighted by atomic mass is 10.7. The van der Waals surface area contributed by atoms with Gasteiger partial charge in [-0.25, -0.2) is 0 Å². The molecule has 14 heavy (non-hydrogen) atoms. The fraction of sp³-hybridized carbons (Fsp3) is 0.143. The third-order valence-electron chi connectivity index (χ3n) is 1.41. The van der Waals surface area contributed by atoms with Crippen molar-refractivity contribution in [3.8, 4) is 5.13 Å². The summed E-state index contributed by atoms with van der Waals surface area (Å²) in [6.45, 7) is 0. The van der Waals surface area contributed by atoms with Gasteiger partial charge in [-0.05, 0) is 23.9 Å². The highest BCUT2D eigenvalue weighted by Crippen LogP contribution is 2.29. The zero-order valence-electron chi connectivity index (χ0n) is 6.80. The topological polar surface area (TPSA) is 30.7 Å². The first-order chi connectivity index (χ1) is 6.75. The summed E-state index contributed by atoms with van der Waals surface area (Å²) < 4.78 is 25.9. The van der Waals surface area contributed by atoms with Gasteiger partial charge in [0.15, 0.2) is 4.34 Å². The van der Waals surface area contributed by atoms with E-state index in [2.05, 4.69) is 10.2 Å². The van der Waals surface area contributed by atoms with E-state index in [1.807, 2.05) is 12.1 Å². The van der Waals surface area contributed by atoms with Gasteiger partial charge in [0.2, 0.25) is 5.13 Å². The highest BCUT2D eigenvalue weighted by molar-refractivity contribution is 8.01. The summed E-state index contributed by atoms with van der Waals surface area (Å²) in [7, 11) is 0. The molecule has 0 unspecified atom stereocenters. The minimum absolute atomic E-state index is 0.281. The largest absolute Gasteiger partial charge is 0.299 e. The molecule has 2 rings (SSSR count). The summed E-state index contributed by atoms with van der Waals surface area (Å²) in [4.78, 5) is 0. The van der Waals surface area contributed by atoms with Crippen LogP contribution in [0.4, 0.5) is 8.78 Å². The molecule has 0 aliphatic rings. The molecule has 0 fully saturated rings. The second-order valence-electron chi connectivity index (χ2n) is 2.32. The Bertz CT molecular complexity index is 399. The van der Waals surface area contributed by atoms with E-state index in [9.17, 15) is 8.78 Å². The summed E-state index contributed by atoms with van der Waals surface area (Å²) in [5.41, 5.74) is 0. The molecule has 74 valence electrons. The van der Waals surface area contributed by atoms with Crippen molar-refractivity contribution in [1.29, 1.82) is 0 Å². The van der Waals surface area contributed by atoms with E-state index in [0.29, 0.717) is 16.9 Å². The second kappa shape index (κ2) is 4.05. The summed E-state index contributed by atoms with van der Waals surface area (Å²) in [6, 6.07) is 3.67. The molecule has 0 radical (unpaired) electrons. The summed E-state index contributed by atoms with van der Waals surface area (Å²) in [5.74, 6) is -2.44. The van der Waals surface area contributed by atoms with Gasteiger partial charge in [-0.3, -0.25) is 4.57 Å². The number of hydrogen-bond acceptors (Lipinski definition) is 4. The maximum atomic E-state index is 12.0. The molecule has 0 saturated carbocycles. The van der Waals surface area contributed by atoms with Crippen LogP contribution in [0.25, 0.3) is 5.13 Å². The van der Waals surface area contributed by atoms with Gasteiger partial charge in [-0.1, -0.05) is 11.3 Å². The highest BCUT2D eigenvalue weighted by atomic mass is 32.2. The minimum Gasteiger partial charge on any atom is -0.299 e. The van der Waals surface area contributed by atoms with Crippen molar-refractivity contribution in [2.75, 3.05) is 0 Å².